The second-order valence-electron chi connectivity index (χ2n) is 7.14. The highest BCUT2D eigenvalue weighted by Crippen LogP contribution is 2.24. The first-order chi connectivity index (χ1) is 14.1. The van der Waals surface area contributed by atoms with Gasteiger partial charge in [-0.25, -0.2) is 0 Å². The van der Waals surface area contributed by atoms with Crippen LogP contribution < -0.4 is 19.9 Å². The van der Waals surface area contributed by atoms with Crippen LogP contribution in [0.5, 0.6) is 5.75 Å². The second kappa shape index (κ2) is 10.5. The number of carbonyl (C=O) groups is 2. The van der Waals surface area contributed by atoms with Crippen molar-refractivity contribution in [1.82, 2.24) is 5.32 Å². The van der Waals surface area contributed by atoms with Gasteiger partial charge in [0.05, 0.1) is 13.0 Å². The molecule has 0 unspecified atom stereocenters. The molecule has 0 saturated carbocycles. The Labute approximate surface area is 172 Å². The molecule has 0 spiro atoms. The molecule has 1 N–H and O–H groups in total. The molecule has 1 fully saturated rings. The first kappa shape index (κ1) is 20.7. The van der Waals surface area contributed by atoms with E-state index < -0.39 is 0 Å². The lowest BCUT2D eigenvalue weighted by Crippen LogP contribution is -2.37. The molecule has 29 heavy (non-hydrogen) atoms. The number of benzene rings is 2. The summed E-state index contributed by atoms with van der Waals surface area (Å²) in [5.41, 5.74) is 2.04. The van der Waals surface area contributed by atoms with Crippen LogP contribution in [0, 0.1) is 0 Å². The smallest absolute Gasteiger partial charge is 0.223 e. The predicted molar refractivity (Wildman–Crippen MR) is 115 cm³/mol. The normalized spacial score (nSPS) is 13.2. The number of hydrogen-bond acceptors (Lipinski definition) is 4. The molecule has 1 heterocycles. The molecule has 3 rings (SSSR count). The largest absolute Gasteiger partial charge is 0.493 e. The summed E-state index contributed by atoms with van der Waals surface area (Å²) >= 11 is 0. The molecule has 1 aliphatic heterocycles. The van der Waals surface area contributed by atoms with Crippen molar-refractivity contribution in [3.05, 3.63) is 54.6 Å². The van der Waals surface area contributed by atoms with Crippen LogP contribution in [0.15, 0.2) is 54.6 Å². The summed E-state index contributed by atoms with van der Waals surface area (Å²) in [5.74, 6) is 0.620. The van der Waals surface area contributed by atoms with Crippen LogP contribution in [0.4, 0.5) is 11.4 Å². The molecule has 2 amide bonds. The highest BCUT2D eigenvalue weighted by molar-refractivity contribution is 5.91. The third-order valence-corrected chi connectivity index (χ3v) is 5.01. The highest BCUT2D eigenvalue weighted by Gasteiger charge is 2.15. The maximum atomic E-state index is 12.1. The molecule has 0 atom stereocenters. The number of para-hydroxylation sites is 1. The van der Waals surface area contributed by atoms with Crippen molar-refractivity contribution in [2.75, 3.05) is 42.6 Å². The second-order valence-corrected chi connectivity index (χ2v) is 7.14. The van der Waals surface area contributed by atoms with Gasteiger partial charge >= 0.3 is 0 Å². The average molecular weight is 396 g/mol. The van der Waals surface area contributed by atoms with Gasteiger partial charge in [0.15, 0.2) is 0 Å². The summed E-state index contributed by atoms with van der Waals surface area (Å²) in [6.07, 6.45) is 2.74. The molecule has 0 aliphatic carbocycles. The van der Waals surface area contributed by atoms with E-state index in [1.165, 1.54) is 18.5 Å². The summed E-state index contributed by atoms with van der Waals surface area (Å²) in [4.78, 5) is 28.1. The first-order valence-corrected chi connectivity index (χ1v) is 10.2. The zero-order valence-corrected chi connectivity index (χ0v) is 17.0. The van der Waals surface area contributed by atoms with Crippen molar-refractivity contribution in [2.24, 2.45) is 0 Å². The Bertz CT molecular complexity index is 787. The van der Waals surface area contributed by atoms with E-state index in [1.807, 2.05) is 42.5 Å². The summed E-state index contributed by atoms with van der Waals surface area (Å²) in [6.45, 7) is 4.89. The molecule has 1 aliphatic rings. The molecule has 6 heteroatoms. The number of nitrogens with zero attached hydrogens (tertiary/aromatic N) is 2. The van der Waals surface area contributed by atoms with Crippen LogP contribution in [-0.4, -0.2) is 44.6 Å². The SMILES string of the molecule is CC(=O)N(CCNC(=O)CCOc1ccccc1)c1ccc(N2CCCC2)cc1. The number of hydrogen-bond donors (Lipinski definition) is 1. The third kappa shape index (κ3) is 6.24. The van der Waals surface area contributed by atoms with E-state index >= 15 is 0 Å². The summed E-state index contributed by atoms with van der Waals surface area (Å²) in [7, 11) is 0. The zero-order valence-electron chi connectivity index (χ0n) is 17.0. The molecular weight excluding hydrogens is 366 g/mol. The molecular formula is C23H29N3O3. The maximum absolute atomic E-state index is 12.1. The van der Waals surface area contributed by atoms with E-state index in [1.54, 1.807) is 11.8 Å². The minimum Gasteiger partial charge on any atom is -0.493 e. The fraction of sp³-hybridized carbons (Fsp3) is 0.391. The van der Waals surface area contributed by atoms with E-state index in [0.717, 1.165) is 24.5 Å². The fourth-order valence-electron chi connectivity index (χ4n) is 3.46. The molecule has 0 radical (unpaired) electrons. The van der Waals surface area contributed by atoms with Crippen molar-refractivity contribution in [3.8, 4) is 5.75 Å². The molecule has 1 saturated heterocycles. The standard InChI is InChI=1S/C23H29N3O3/c1-19(27)26(21-11-9-20(10-12-21)25-15-5-6-16-25)17-14-24-23(28)13-18-29-22-7-3-2-4-8-22/h2-4,7-12H,5-6,13-18H2,1H3,(H,24,28). The van der Waals surface area contributed by atoms with Crippen LogP contribution >= 0.6 is 0 Å². The van der Waals surface area contributed by atoms with Gasteiger partial charge in [-0.3, -0.25) is 9.59 Å². The Hall–Kier alpha value is -3.02. The van der Waals surface area contributed by atoms with Gasteiger partial charge in [-0.15, -0.1) is 0 Å². The Morgan fingerprint density at radius 3 is 2.38 bits per heavy atom. The third-order valence-electron chi connectivity index (χ3n) is 5.01. The molecule has 6 nitrogen and oxygen atoms in total. The zero-order chi connectivity index (χ0) is 20.5. The number of amides is 2. The monoisotopic (exact) mass is 395 g/mol. The molecule has 2 aromatic rings. The predicted octanol–water partition coefficient (Wildman–Crippen LogP) is 3.23. The van der Waals surface area contributed by atoms with Crippen molar-refractivity contribution in [2.45, 2.75) is 26.2 Å². The topological polar surface area (TPSA) is 61.9 Å². The van der Waals surface area contributed by atoms with Gasteiger partial charge in [0.2, 0.25) is 11.8 Å². The lowest BCUT2D eigenvalue weighted by molar-refractivity contribution is -0.122. The Morgan fingerprint density at radius 2 is 1.72 bits per heavy atom. The van der Waals surface area contributed by atoms with Gasteiger partial charge in [-0.2, -0.15) is 0 Å². The summed E-state index contributed by atoms with van der Waals surface area (Å²) < 4.78 is 5.54. The average Bonchev–Trinajstić information content (AvgIpc) is 3.27. The van der Waals surface area contributed by atoms with Gasteiger partial charge in [0.25, 0.3) is 0 Å². The Kier molecular flexibility index (Phi) is 7.50. The number of nitrogens with one attached hydrogen (secondary N) is 1. The highest BCUT2D eigenvalue weighted by atomic mass is 16.5. The van der Waals surface area contributed by atoms with Crippen molar-refractivity contribution < 1.29 is 14.3 Å². The lowest BCUT2D eigenvalue weighted by Gasteiger charge is -2.23. The molecule has 0 bridgehead atoms. The minimum atomic E-state index is -0.0891. The first-order valence-electron chi connectivity index (χ1n) is 10.2. The van der Waals surface area contributed by atoms with Gasteiger partial charge in [-0.1, -0.05) is 18.2 Å². The van der Waals surface area contributed by atoms with Crippen molar-refractivity contribution in [3.63, 3.8) is 0 Å². The van der Waals surface area contributed by atoms with Crippen molar-refractivity contribution >= 4 is 23.2 Å². The van der Waals surface area contributed by atoms with E-state index in [0.29, 0.717) is 19.7 Å². The van der Waals surface area contributed by atoms with E-state index in [-0.39, 0.29) is 18.2 Å². The van der Waals surface area contributed by atoms with E-state index in [9.17, 15) is 9.59 Å². The molecule has 2 aromatic carbocycles. The van der Waals surface area contributed by atoms with Crippen LogP contribution in [-0.2, 0) is 9.59 Å². The van der Waals surface area contributed by atoms with Crippen LogP contribution in [0.1, 0.15) is 26.2 Å². The van der Waals surface area contributed by atoms with Gasteiger partial charge in [0.1, 0.15) is 5.75 Å². The van der Waals surface area contributed by atoms with Crippen molar-refractivity contribution in [1.29, 1.82) is 0 Å². The van der Waals surface area contributed by atoms with E-state index in [4.69, 9.17) is 4.74 Å². The summed E-state index contributed by atoms with van der Waals surface area (Å²) in [5, 5.41) is 2.86. The van der Waals surface area contributed by atoms with Crippen LogP contribution in [0.3, 0.4) is 0 Å². The molecule has 154 valence electrons. The van der Waals surface area contributed by atoms with E-state index in [2.05, 4.69) is 22.3 Å². The van der Waals surface area contributed by atoms with Gasteiger partial charge < -0.3 is 19.9 Å². The fourth-order valence-corrected chi connectivity index (χ4v) is 3.46. The Morgan fingerprint density at radius 1 is 1.03 bits per heavy atom. The number of anilines is 2. The summed E-state index contributed by atoms with van der Waals surface area (Å²) in [6, 6.07) is 17.5. The van der Waals surface area contributed by atoms with Gasteiger partial charge in [0, 0.05) is 44.5 Å². The number of ether oxygens (including phenoxy) is 1. The maximum Gasteiger partial charge on any atom is 0.223 e. The Balaban J connectivity index is 1.43. The lowest BCUT2D eigenvalue weighted by atomic mass is 10.2. The van der Waals surface area contributed by atoms with Gasteiger partial charge in [-0.05, 0) is 49.2 Å². The molecule has 0 aromatic heterocycles. The van der Waals surface area contributed by atoms with Crippen LogP contribution in [0.25, 0.3) is 0 Å². The number of carbonyl (C=O) groups excluding carboxylic acids is 2. The van der Waals surface area contributed by atoms with Crippen LogP contribution in [0.2, 0.25) is 0 Å². The minimum absolute atomic E-state index is 0.0411. The number of rotatable bonds is 9. The quantitative estimate of drug-likeness (QED) is 0.708.